The van der Waals surface area contributed by atoms with E-state index < -0.39 is 14.6 Å². The average molecular weight is 333 g/mol. The Morgan fingerprint density at radius 1 is 1.33 bits per heavy atom. The first-order valence-electron chi connectivity index (χ1n) is 6.79. The molecule has 21 heavy (non-hydrogen) atoms. The zero-order valence-corrected chi connectivity index (χ0v) is 14.6. The van der Waals surface area contributed by atoms with Gasteiger partial charge in [0.15, 0.2) is 15.5 Å². The number of aromatic nitrogens is 4. The number of imidazole rings is 1. The van der Waals surface area contributed by atoms with E-state index in [4.69, 9.17) is 11.6 Å². The zero-order valence-electron chi connectivity index (χ0n) is 13.0. The van der Waals surface area contributed by atoms with E-state index in [2.05, 4.69) is 10.1 Å². The van der Waals surface area contributed by atoms with E-state index >= 15 is 0 Å². The second-order valence-electron chi connectivity index (χ2n) is 5.88. The van der Waals surface area contributed by atoms with Crippen LogP contribution in [0.3, 0.4) is 0 Å². The van der Waals surface area contributed by atoms with Crippen molar-refractivity contribution in [2.45, 2.75) is 44.4 Å². The van der Waals surface area contributed by atoms with Gasteiger partial charge in [-0.15, -0.1) is 11.6 Å². The summed E-state index contributed by atoms with van der Waals surface area (Å²) in [5.74, 6) is 0.906. The molecule has 0 amide bonds. The van der Waals surface area contributed by atoms with Crippen LogP contribution >= 0.6 is 11.6 Å². The van der Waals surface area contributed by atoms with Crippen molar-refractivity contribution in [1.82, 2.24) is 19.3 Å². The molecular weight excluding hydrogens is 312 g/mol. The lowest BCUT2D eigenvalue weighted by atomic mass is 10.2. The fourth-order valence-electron chi connectivity index (χ4n) is 2.29. The van der Waals surface area contributed by atoms with Crippen molar-refractivity contribution in [2.24, 2.45) is 7.05 Å². The van der Waals surface area contributed by atoms with Crippen molar-refractivity contribution in [3.63, 3.8) is 0 Å². The van der Waals surface area contributed by atoms with Crippen molar-refractivity contribution in [2.75, 3.05) is 6.26 Å². The van der Waals surface area contributed by atoms with Crippen LogP contribution in [0.5, 0.6) is 0 Å². The third kappa shape index (κ3) is 2.68. The van der Waals surface area contributed by atoms with Gasteiger partial charge in [0.05, 0.1) is 16.3 Å². The minimum absolute atomic E-state index is 0.234. The van der Waals surface area contributed by atoms with Crippen molar-refractivity contribution in [3.05, 3.63) is 11.5 Å². The van der Waals surface area contributed by atoms with E-state index in [0.717, 1.165) is 23.3 Å². The summed E-state index contributed by atoms with van der Waals surface area (Å²) >= 11 is 5.99. The van der Waals surface area contributed by atoms with Gasteiger partial charge in [-0.05, 0) is 20.3 Å². The summed E-state index contributed by atoms with van der Waals surface area (Å²) in [5, 5.41) is 4.44. The van der Waals surface area contributed by atoms with Gasteiger partial charge < -0.3 is 4.57 Å². The zero-order chi connectivity index (χ0) is 16.0. The highest BCUT2D eigenvalue weighted by Crippen LogP contribution is 2.26. The Bertz CT molecular complexity index is 774. The number of nitrogens with zero attached hydrogens (tertiary/aromatic N) is 4. The second-order valence-corrected chi connectivity index (χ2v) is 8.79. The van der Waals surface area contributed by atoms with Gasteiger partial charge in [0.1, 0.15) is 11.3 Å². The maximum absolute atomic E-state index is 12.0. The molecule has 0 N–H and O–H groups in total. The molecule has 0 aliphatic carbocycles. The molecule has 2 aromatic heterocycles. The van der Waals surface area contributed by atoms with E-state index in [9.17, 15) is 8.42 Å². The average Bonchev–Trinajstić information content (AvgIpc) is 2.86. The van der Waals surface area contributed by atoms with Crippen LogP contribution in [0.1, 0.15) is 32.3 Å². The molecule has 0 atom stereocenters. The fraction of sp³-hybridized carbons (Fsp3) is 0.692. The summed E-state index contributed by atoms with van der Waals surface area (Å²) in [4.78, 5) is 4.54. The fourth-order valence-corrected chi connectivity index (χ4v) is 2.86. The van der Waals surface area contributed by atoms with Crippen LogP contribution in [0.25, 0.3) is 11.2 Å². The lowest BCUT2D eigenvalue weighted by molar-refractivity contribution is 0.498. The Labute approximate surface area is 130 Å². The lowest BCUT2D eigenvalue weighted by Gasteiger charge is -2.24. The normalized spacial score (nSPS) is 13.2. The predicted octanol–water partition coefficient (Wildman–Crippen LogP) is 1.89. The van der Waals surface area contributed by atoms with Gasteiger partial charge in [-0.25, -0.2) is 13.4 Å². The minimum atomic E-state index is -3.21. The number of halogens is 1. The van der Waals surface area contributed by atoms with Crippen molar-refractivity contribution in [1.29, 1.82) is 0 Å². The highest BCUT2D eigenvalue weighted by atomic mass is 35.5. The van der Waals surface area contributed by atoms with Crippen LogP contribution < -0.4 is 0 Å². The third-order valence-electron chi connectivity index (χ3n) is 3.87. The van der Waals surface area contributed by atoms with E-state index in [1.54, 1.807) is 18.5 Å². The van der Waals surface area contributed by atoms with Crippen LogP contribution in [0.15, 0.2) is 0 Å². The van der Waals surface area contributed by atoms with E-state index in [1.807, 2.05) is 18.5 Å². The lowest BCUT2D eigenvalue weighted by Crippen LogP contribution is -2.36. The molecule has 0 fully saturated rings. The first kappa shape index (κ1) is 16.3. The molecule has 0 bridgehead atoms. The Morgan fingerprint density at radius 2 is 1.95 bits per heavy atom. The number of fused-ring (bicyclic) bond motifs is 1. The number of sulfone groups is 1. The maximum Gasteiger partial charge on any atom is 0.158 e. The summed E-state index contributed by atoms with van der Waals surface area (Å²) in [5.41, 5.74) is 2.52. The molecule has 2 rings (SSSR count). The topological polar surface area (TPSA) is 69.8 Å². The van der Waals surface area contributed by atoms with Crippen LogP contribution in [0.2, 0.25) is 0 Å². The molecular formula is C13H21ClN4O2S. The van der Waals surface area contributed by atoms with E-state index in [-0.39, 0.29) is 5.88 Å². The van der Waals surface area contributed by atoms with Gasteiger partial charge in [-0.1, -0.05) is 6.92 Å². The molecule has 6 nitrogen and oxygen atoms in total. The van der Waals surface area contributed by atoms with Gasteiger partial charge in [-0.2, -0.15) is 5.10 Å². The molecule has 0 unspecified atom stereocenters. The Kier molecular flexibility index (Phi) is 4.10. The molecule has 0 saturated heterocycles. The van der Waals surface area contributed by atoms with Crippen LogP contribution in [0.4, 0.5) is 0 Å². The second kappa shape index (κ2) is 5.28. The summed E-state index contributed by atoms with van der Waals surface area (Å²) in [6.45, 7) is 5.74. The van der Waals surface area contributed by atoms with Crippen LogP contribution in [-0.4, -0.2) is 38.8 Å². The molecule has 0 saturated carbocycles. The highest BCUT2D eigenvalue weighted by molar-refractivity contribution is 7.92. The molecule has 2 aromatic rings. The number of alkyl halides is 1. The number of hydrogen-bond donors (Lipinski definition) is 0. The summed E-state index contributed by atoms with van der Waals surface area (Å²) in [6.07, 6.45) is 2.02. The van der Waals surface area contributed by atoms with Gasteiger partial charge >= 0.3 is 0 Å². The monoisotopic (exact) mass is 332 g/mol. The Hall–Kier alpha value is -1.08. The van der Waals surface area contributed by atoms with Crippen molar-refractivity contribution in [3.8, 4) is 0 Å². The number of hydrogen-bond acceptors (Lipinski definition) is 4. The first-order valence-corrected chi connectivity index (χ1v) is 9.21. The summed E-state index contributed by atoms with van der Waals surface area (Å²) in [7, 11) is -1.37. The first-order chi connectivity index (χ1) is 9.62. The van der Waals surface area contributed by atoms with Crippen molar-refractivity contribution >= 4 is 32.6 Å². The predicted molar refractivity (Wildman–Crippen MR) is 84.4 cm³/mol. The van der Waals surface area contributed by atoms with E-state index in [0.29, 0.717) is 12.4 Å². The summed E-state index contributed by atoms with van der Waals surface area (Å²) in [6, 6.07) is 0. The molecule has 118 valence electrons. The Morgan fingerprint density at radius 3 is 2.43 bits per heavy atom. The molecule has 2 heterocycles. The van der Waals surface area contributed by atoms with Gasteiger partial charge in [-0.3, -0.25) is 4.68 Å². The SMILES string of the molecule is CCc1nn(C)c2c1nc(CCl)n2CC(C)(C)S(C)(=O)=O. The Balaban J connectivity index is 2.65. The molecule has 0 radical (unpaired) electrons. The van der Waals surface area contributed by atoms with Crippen LogP contribution in [-0.2, 0) is 35.7 Å². The highest BCUT2D eigenvalue weighted by Gasteiger charge is 2.33. The minimum Gasteiger partial charge on any atom is -0.310 e. The number of aryl methyl sites for hydroxylation is 2. The molecule has 0 aromatic carbocycles. The standard InChI is InChI=1S/C13H21ClN4O2S/c1-6-9-11-12(17(4)16-9)18(10(7-14)15-11)8-13(2,3)21(5,19)20/h6-8H2,1-5H3. The third-order valence-corrected chi connectivity index (χ3v) is 6.24. The van der Waals surface area contributed by atoms with Gasteiger partial charge in [0.2, 0.25) is 0 Å². The van der Waals surface area contributed by atoms with Crippen molar-refractivity contribution < 1.29 is 8.42 Å². The molecule has 0 aliphatic heterocycles. The van der Waals surface area contributed by atoms with E-state index in [1.165, 1.54) is 6.26 Å². The quantitative estimate of drug-likeness (QED) is 0.784. The smallest absolute Gasteiger partial charge is 0.158 e. The largest absolute Gasteiger partial charge is 0.310 e. The summed E-state index contributed by atoms with van der Waals surface area (Å²) < 4.78 is 26.7. The molecule has 8 heteroatoms. The number of rotatable bonds is 5. The maximum atomic E-state index is 12.0. The molecule has 0 aliphatic rings. The molecule has 0 spiro atoms. The van der Waals surface area contributed by atoms with Gasteiger partial charge in [0, 0.05) is 19.8 Å². The van der Waals surface area contributed by atoms with Crippen LogP contribution in [0, 0.1) is 0 Å². The van der Waals surface area contributed by atoms with Gasteiger partial charge in [0.25, 0.3) is 0 Å².